The van der Waals surface area contributed by atoms with Crippen molar-refractivity contribution in [3.8, 4) is 6.07 Å². The van der Waals surface area contributed by atoms with Crippen LogP contribution in [0.15, 0.2) is 39.7 Å². The van der Waals surface area contributed by atoms with Crippen molar-refractivity contribution >= 4 is 31.8 Å². The molecule has 0 amide bonds. The normalized spacial score (nSPS) is 16.0. The van der Waals surface area contributed by atoms with Crippen LogP contribution in [0.1, 0.15) is 23.2 Å². The fraction of sp³-hybridized carbons (Fsp3) is 0.368. The largest absolute Gasteiger partial charge is 0.354 e. The Bertz CT molecular complexity index is 984. The fourth-order valence-corrected chi connectivity index (χ4v) is 5.02. The average Bonchev–Trinajstić information content (AvgIpc) is 2.88. The van der Waals surface area contributed by atoms with Gasteiger partial charge >= 0.3 is 0 Å². The predicted molar refractivity (Wildman–Crippen MR) is 108 cm³/mol. The van der Waals surface area contributed by atoms with Crippen LogP contribution in [0.4, 0.5) is 5.82 Å². The van der Waals surface area contributed by atoms with Gasteiger partial charge in [-0.3, -0.25) is 0 Å². The van der Waals surface area contributed by atoms with Crippen molar-refractivity contribution in [2.75, 3.05) is 31.1 Å². The molecule has 0 atom stereocenters. The molecule has 3 rings (SSSR count). The number of nitriles is 1. The van der Waals surface area contributed by atoms with Gasteiger partial charge in [-0.2, -0.15) is 9.57 Å². The highest BCUT2D eigenvalue weighted by Crippen LogP contribution is 2.25. The lowest BCUT2D eigenvalue weighted by atomic mass is 10.1. The maximum absolute atomic E-state index is 12.9. The summed E-state index contributed by atoms with van der Waals surface area (Å²) in [6.45, 7) is 5.77. The zero-order valence-electron chi connectivity index (χ0n) is 15.3. The van der Waals surface area contributed by atoms with E-state index >= 15 is 0 Å². The van der Waals surface area contributed by atoms with Crippen molar-refractivity contribution in [3.63, 3.8) is 0 Å². The van der Waals surface area contributed by atoms with Crippen LogP contribution in [0.5, 0.6) is 0 Å². The van der Waals surface area contributed by atoms with Gasteiger partial charge in [0.25, 0.3) is 0 Å². The summed E-state index contributed by atoms with van der Waals surface area (Å²) in [6.07, 6.45) is 0.676. The van der Waals surface area contributed by atoms with Gasteiger partial charge in [-0.15, -0.1) is 0 Å². The number of nitrogens with zero attached hydrogens (tertiary/aromatic N) is 4. The second-order valence-electron chi connectivity index (χ2n) is 6.59. The van der Waals surface area contributed by atoms with Crippen molar-refractivity contribution in [2.24, 2.45) is 0 Å². The average molecular weight is 449 g/mol. The number of benzene rings is 1. The summed E-state index contributed by atoms with van der Waals surface area (Å²) in [5.41, 5.74) is 2.30. The summed E-state index contributed by atoms with van der Waals surface area (Å²) in [4.78, 5) is 6.87. The Balaban J connectivity index is 1.84. The molecule has 27 heavy (non-hydrogen) atoms. The number of hydrogen-bond donors (Lipinski definition) is 0. The number of anilines is 1. The van der Waals surface area contributed by atoms with E-state index in [2.05, 4.69) is 27.0 Å². The van der Waals surface area contributed by atoms with Crippen molar-refractivity contribution in [2.45, 2.75) is 25.2 Å². The molecule has 0 aliphatic carbocycles. The van der Waals surface area contributed by atoms with Crippen LogP contribution >= 0.6 is 15.9 Å². The summed E-state index contributed by atoms with van der Waals surface area (Å²) >= 11 is 3.33. The zero-order chi connectivity index (χ0) is 19.6. The molecule has 0 unspecified atom stereocenters. The maximum Gasteiger partial charge on any atom is 0.243 e. The summed E-state index contributed by atoms with van der Waals surface area (Å²) in [7, 11) is -3.54. The van der Waals surface area contributed by atoms with Gasteiger partial charge in [0.2, 0.25) is 10.0 Å². The number of sulfonamides is 1. The van der Waals surface area contributed by atoms with Crippen LogP contribution in [0.2, 0.25) is 0 Å². The molecule has 0 N–H and O–H groups in total. The SMILES string of the molecule is Cc1cc(C)c(C#N)c(N2CCCN(S(=O)(=O)c3ccc(Br)cc3)CC2)n1. The minimum absolute atomic E-state index is 0.293. The van der Waals surface area contributed by atoms with Crippen molar-refractivity contribution in [3.05, 3.63) is 51.6 Å². The van der Waals surface area contributed by atoms with E-state index in [1.165, 1.54) is 4.31 Å². The lowest BCUT2D eigenvalue weighted by Gasteiger charge is -2.24. The van der Waals surface area contributed by atoms with Gasteiger partial charge < -0.3 is 4.90 Å². The van der Waals surface area contributed by atoms with Gasteiger partial charge in [0.05, 0.1) is 10.5 Å². The van der Waals surface area contributed by atoms with Gasteiger partial charge in [0, 0.05) is 36.3 Å². The number of halogens is 1. The number of aromatic nitrogens is 1. The first-order valence-electron chi connectivity index (χ1n) is 8.72. The molecule has 1 aromatic heterocycles. The van der Waals surface area contributed by atoms with Gasteiger partial charge in [0.15, 0.2) is 0 Å². The molecule has 1 aromatic carbocycles. The van der Waals surface area contributed by atoms with Crippen LogP contribution in [0.3, 0.4) is 0 Å². The van der Waals surface area contributed by atoms with E-state index in [9.17, 15) is 13.7 Å². The van der Waals surface area contributed by atoms with E-state index in [1.807, 2.05) is 24.8 Å². The predicted octanol–water partition coefficient (Wildman–Crippen LogP) is 3.23. The molecule has 0 spiro atoms. The number of hydrogen-bond acceptors (Lipinski definition) is 5. The Kier molecular flexibility index (Phi) is 5.84. The highest BCUT2D eigenvalue weighted by Gasteiger charge is 2.28. The van der Waals surface area contributed by atoms with Gasteiger partial charge in [-0.25, -0.2) is 13.4 Å². The molecule has 1 aliphatic rings. The Morgan fingerprint density at radius 2 is 1.81 bits per heavy atom. The van der Waals surface area contributed by atoms with Crippen molar-refractivity contribution in [1.29, 1.82) is 5.26 Å². The third kappa shape index (κ3) is 4.15. The second kappa shape index (κ2) is 7.97. The Morgan fingerprint density at radius 3 is 2.48 bits per heavy atom. The van der Waals surface area contributed by atoms with E-state index in [0.717, 1.165) is 15.7 Å². The third-order valence-electron chi connectivity index (χ3n) is 4.64. The first kappa shape index (κ1) is 19.8. The topological polar surface area (TPSA) is 77.3 Å². The van der Waals surface area contributed by atoms with Crippen LogP contribution in [0, 0.1) is 25.2 Å². The number of rotatable bonds is 3. The van der Waals surface area contributed by atoms with Crippen molar-refractivity contribution in [1.82, 2.24) is 9.29 Å². The molecule has 1 fully saturated rings. The van der Waals surface area contributed by atoms with E-state index in [4.69, 9.17) is 0 Å². The molecule has 2 aromatic rings. The Morgan fingerprint density at radius 1 is 1.11 bits per heavy atom. The quantitative estimate of drug-likeness (QED) is 0.719. The van der Waals surface area contributed by atoms with Crippen LogP contribution in [-0.2, 0) is 10.0 Å². The third-order valence-corrected chi connectivity index (χ3v) is 7.08. The lowest BCUT2D eigenvalue weighted by Crippen LogP contribution is -2.35. The molecule has 8 heteroatoms. The summed E-state index contributed by atoms with van der Waals surface area (Å²) < 4.78 is 28.3. The van der Waals surface area contributed by atoms with Gasteiger partial charge in [-0.1, -0.05) is 15.9 Å². The van der Waals surface area contributed by atoms with E-state index in [0.29, 0.717) is 48.9 Å². The number of pyridine rings is 1. The van der Waals surface area contributed by atoms with Crippen molar-refractivity contribution < 1.29 is 8.42 Å². The standard InChI is InChI=1S/C19H21BrN4O2S/c1-14-12-15(2)22-19(18(14)13-21)23-8-3-9-24(11-10-23)27(25,26)17-6-4-16(20)5-7-17/h4-7,12H,3,8-11H2,1-2H3. The summed E-state index contributed by atoms with van der Waals surface area (Å²) in [5.74, 6) is 0.651. The highest BCUT2D eigenvalue weighted by atomic mass is 79.9. The van der Waals surface area contributed by atoms with E-state index in [1.54, 1.807) is 24.3 Å². The Labute approximate surface area is 168 Å². The minimum Gasteiger partial charge on any atom is -0.354 e. The molecule has 1 aliphatic heterocycles. The van der Waals surface area contributed by atoms with Crippen LogP contribution in [-0.4, -0.2) is 43.9 Å². The smallest absolute Gasteiger partial charge is 0.243 e. The van der Waals surface area contributed by atoms with E-state index in [-0.39, 0.29) is 0 Å². The summed E-state index contributed by atoms with van der Waals surface area (Å²) in [5, 5.41) is 9.52. The zero-order valence-corrected chi connectivity index (χ0v) is 17.7. The van der Waals surface area contributed by atoms with Crippen LogP contribution < -0.4 is 4.90 Å². The first-order valence-corrected chi connectivity index (χ1v) is 11.0. The molecule has 142 valence electrons. The lowest BCUT2D eigenvalue weighted by molar-refractivity contribution is 0.433. The molecule has 0 saturated carbocycles. The first-order chi connectivity index (χ1) is 12.8. The molecule has 2 heterocycles. The molecular weight excluding hydrogens is 428 g/mol. The highest BCUT2D eigenvalue weighted by molar-refractivity contribution is 9.10. The molecule has 6 nitrogen and oxygen atoms in total. The fourth-order valence-electron chi connectivity index (χ4n) is 3.29. The second-order valence-corrected chi connectivity index (χ2v) is 9.44. The van der Waals surface area contributed by atoms with Crippen LogP contribution in [0.25, 0.3) is 0 Å². The summed E-state index contributed by atoms with van der Waals surface area (Å²) in [6, 6.07) is 10.8. The van der Waals surface area contributed by atoms with Gasteiger partial charge in [0.1, 0.15) is 11.9 Å². The Hall–Kier alpha value is -1.95. The minimum atomic E-state index is -3.54. The molecular formula is C19H21BrN4O2S. The maximum atomic E-state index is 12.9. The molecule has 0 bridgehead atoms. The molecule has 1 saturated heterocycles. The molecule has 0 radical (unpaired) electrons. The van der Waals surface area contributed by atoms with E-state index < -0.39 is 10.0 Å². The van der Waals surface area contributed by atoms with Gasteiger partial charge in [-0.05, 0) is 56.2 Å². The monoisotopic (exact) mass is 448 g/mol. The number of aryl methyl sites for hydroxylation is 2.